The Morgan fingerprint density at radius 3 is 2.86 bits per heavy atom. The molecule has 0 heterocycles. The topological polar surface area (TPSA) is 55.5 Å². The third-order valence-corrected chi connectivity index (χ3v) is 2.61. The van der Waals surface area contributed by atoms with E-state index in [2.05, 4.69) is 0 Å². The molecule has 0 saturated carbocycles. The molecular weight excluding hydrogens is 202 g/mol. The molecule has 0 aromatic heterocycles. The maximum atomic E-state index is 9.75. The van der Waals surface area contributed by atoms with E-state index >= 15 is 0 Å². The summed E-state index contributed by atoms with van der Waals surface area (Å²) in [5.74, 6) is 0.792. The van der Waals surface area contributed by atoms with E-state index < -0.39 is 0 Å². The molecule has 2 rings (SSSR count). The van der Waals surface area contributed by atoms with Gasteiger partial charge in [0.15, 0.2) is 11.5 Å². The van der Waals surface area contributed by atoms with Gasteiger partial charge < -0.3 is 15.6 Å². The predicted molar refractivity (Wildman–Crippen MR) is 57.2 cm³/mol. The Morgan fingerprint density at radius 2 is 2.21 bits per heavy atom. The molecule has 1 aliphatic rings. The molecule has 0 radical (unpaired) electrons. The van der Waals surface area contributed by atoms with Gasteiger partial charge in [-0.05, 0) is 24.5 Å². The SMILES string of the molecule is COc1ccc2c(c1O)CCC2N.Cl. The molecule has 0 bridgehead atoms. The molecular formula is C10H14ClNO2. The highest BCUT2D eigenvalue weighted by atomic mass is 35.5. The molecule has 1 aliphatic carbocycles. The molecule has 0 aliphatic heterocycles. The lowest BCUT2D eigenvalue weighted by Gasteiger charge is -2.09. The van der Waals surface area contributed by atoms with Gasteiger partial charge in [-0.1, -0.05) is 6.07 Å². The number of halogens is 1. The zero-order valence-corrected chi connectivity index (χ0v) is 8.80. The summed E-state index contributed by atoms with van der Waals surface area (Å²) >= 11 is 0. The Kier molecular flexibility index (Phi) is 3.24. The third-order valence-electron chi connectivity index (χ3n) is 2.61. The van der Waals surface area contributed by atoms with Crippen molar-refractivity contribution in [3.8, 4) is 11.5 Å². The summed E-state index contributed by atoms with van der Waals surface area (Å²) in [6.45, 7) is 0. The molecule has 1 aromatic carbocycles. The van der Waals surface area contributed by atoms with Gasteiger partial charge in [0.05, 0.1) is 7.11 Å². The number of phenolic OH excluding ortho intramolecular Hbond substituents is 1. The van der Waals surface area contributed by atoms with Crippen LogP contribution in [0.5, 0.6) is 11.5 Å². The number of nitrogens with two attached hydrogens (primary N) is 1. The monoisotopic (exact) mass is 215 g/mol. The van der Waals surface area contributed by atoms with Gasteiger partial charge in [-0.3, -0.25) is 0 Å². The van der Waals surface area contributed by atoms with E-state index in [-0.39, 0.29) is 24.2 Å². The number of ether oxygens (including phenoxy) is 1. The predicted octanol–water partition coefficient (Wildman–Crippen LogP) is 1.77. The number of fused-ring (bicyclic) bond motifs is 1. The number of phenols is 1. The van der Waals surface area contributed by atoms with Gasteiger partial charge >= 0.3 is 0 Å². The summed E-state index contributed by atoms with van der Waals surface area (Å²) < 4.78 is 5.01. The summed E-state index contributed by atoms with van der Waals surface area (Å²) in [6, 6.07) is 3.78. The van der Waals surface area contributed by atoms with Crippen LogP contribution >= 0.6 is 12.4 Å². The molecule has 78 valence electrons. The molecule has 0 fully saturated rings. The first kappa shape index (κ1) is 11.1. The van der Waals surface area contributed by atoms with Gasteiger partial charge in [0.2, 0.25) is 0 Å². The Balaban J connectivity index is 0.000000980. The maximum Gasteiger partial charge on any atom is 0.161 e. The van der Waals surface area contributed by atoms with Gasteiger partial charge in [0.1, 0.15) is 0 Å². The van der Waals surface area contributed by atoms with Gasteiger partial charge in [0.25, 0.3) is 0 Å². The van der Waals surface area contributed by atoms with E-state index in [1.54, 1.807) is 13.2 Å². The van der Waals surface area contributed by atoms with Gasteiger partial charge in [-0.25, -0.2) is 0 Å². The fraction of sp³-hybridized carbons (Fsp3) is 0.400. The molecule has 4 heteroatoms. The minimum Gasteiger partial charge on any atom is -0.504 e. The molecule has 0 saturated heterocycles. The normalized spacial score (nSPS) is 18.6. The quantitative estimate of drug-likeness (QED) is 0.751. The number of hydrogen-bond donors (Lipinski definition) is 2. The highest BCUT2D eigenvalue weighted by Gasteiger charge is 2.23. The molecule has 1 atom stereocenters. The summed E-state index contributed by atoms with van der Waals surface area (Å²) in [5.41, 5.74) is 7.86. The van der Waals surface area contributed by atoms with Crippen LogP contribution in [0.3, 0.4) is 0 Å². The molecule has 3 N–H and O–H groups in total. The zero-order chi connectivity index (χ0) is 9.42. The van der Waals surface area contributed by atoms with Crippen molar-refractivity contribution in [2.45, 2.75) is 18.9 Å². The van der Waals surface area contributed by atoms with E-state index in [0.717, 1.165) is 24.0 Å². The fourth-order valence-electron chi connectivity index (χ4n) is 1.86. The lowest BCUT2D eigenvalue weighted by atomic mass is 10.1. The van der Waals surface area contributed by atoms with Crippen LogP contribution < -0.4 is 10.5 Å². The van der Waals surface area contributed by atoms with E-state index in [1.165, 1.54) is 0 Å². The van der Waals surface area contributed by atoms with Crippen molar-refractivity contribution < 1.29 is 9.84 Å². The van der Waals surface area contributed by atoms with Gasteiger partial charge in [-0.15, -0.1) is 12.4 Å². The first-order valence-corrected chi connectivity index (χ1v) is 4.38. The zero-order valence-electron chi connectivity index (χ0n) is 7.99. The van der Waals surface area contributed by atoms with Crippen molar-refractivity contribution >= 4 is 12.4 Å². The smallest absolute Gasteiger partial charge is 0.161 e. The molecule has 0 amide bonds. The van der Waals surface area contributed by atoms with E-state index in [0.29, 0.717) is 5.75 Å². The minimum absolute atomic E-state index is 0. The Labute approximate surface area is 89.3 Å². The van der Waals surface area contributed by atoms with Crippen LogP contribution in [-0.2, 0) is 6.42 Å². The molecule has 14 heavy (non-hydrogen) atoms. The van der Waals surface area contributed by atoms with Crippen LogP contribution in [-0.4, -0.2) is 12.2 Å². The fourth-order valence-corrected chi connectivity index (χ4v) is 1.86. The third kappa shape index (κ3) is 1.53. The van der Waals surface area contributed by atoms with Crippen molar-refractivity contribution in [2.24, 2.45) is 5.73 Å². The first-order valence-electron chi connectivity index (χ1n) is 4.38. The largest absolute Gasteiger partial charge is 0.504 e. The van der Waals surface area contributed by atoms with Crippen LogP contribution in [0, 0.1) is 0 Å². The lowest BCUT2D eigenvalue weighted by molar-refractivity contribution is 0.371. The van der Waals surface area contributed by atoms with Crippen molar-refractivity contribution in [3.05, 3.63) is 23.3 Å². The molecule has 0 spiro atoms. The van der Waals surface area contributed by atoms with Crippen LogP contribution in [0.25, 0.3) is 0 Å². The van der Waals surface area contributed by atoms with E-state index in [4.69, 9.17) is 10.5 Å². The summed E-state index contributed by atoms with van der Waals surface area (Å²) in [5, 5.41) is 9.75. The minimum atomic E-state index is 0. The van der Waals surface area contributed by atoms with Crippen molar-refractivity contribution in [1.82, 2.24) is 0 Å². The van der Waals surface area contributed by atoms with Crippen LogP contribution in [0.2, 0.25) is 0 Å². The summed E-state index contributed by atoms with van der Waals surface area (Å²) in [7, 11) is 1.55. The highest BCUT2D eigenvalue weighted by Crippen LogP contribution is 2.40. The highest BCUT2D eigenvalue weighted by molar-refractivity contribution is 5.85. The van der Waals surface area contributed by atoms with Gasteiger partial charge in [0, 0.05) is 11.6 Å². The second-order valence-corrected chi connectivity index (χ2v) is 3.33. The van der Waals surface area contributed by atoms with Crippen molar-refractivity contribution in [3.63, 3.8) is 0 Å². The van der Waals surface area contributed by atoms with E-state index in [1.807, 2.05) is 6.07 Å². The van der Waals surface area contributed by atoms with E-state index in [9.17, 15) is 5.11 Å². The van der Waals surface area contributed by atoms with Crippen LogP contribution in [0.15, 0.2) is 12.1 Å². The number of benzene rings is 1. The maximum absolute atomic E-state index is 9.75. The lowest BCUT2D eigenvalue weighted by Crippen LogP contribution is -2.04. The number of aromatic hydroxyl groups is 1. The Hall–Kier alpha value is -0.930. The molecule has 1 unspecified atom stereocenters. The Morgan fingerprint density at radius 1 is 1.50 bits per heavy atom. The summed E-state index contributed by atoms with van der Waals surface area (Å²) in [6.07, 6.45) is 1.76. The average molecular weight is 216 g/mol. The molecule has 1 aromatic rings. The number of rotatable bonds is 1. The molecule has 3 nitrogen and oxygen atoms in total. The van der Waals surface area contributed by atoms with Crippen LogP contribution in [0.4, 0.5) is 0 Å². The second kappa shape index (κ2) is 4.07. The average Bonchev–Trinajstić information content (AvgIpc) is 2.50. The van der Waals surface area contributed by atoms with Crippen molar-refractivity contribution in [2.75, 3.05) is 7.11 Å². The number of methoxy groups -OCH3 is 1. The van der Waals surface area contributed by atoms with Crippen molar-refractivity contribution in [1.29, 1.82) is 0 Å². The summed E-state index contributed by atoms with van der Waals surface area (Å²) in [4.78, 5) is 0. The Bertz CT molecular complexity index is 341. The first-order chi connectivity index (χ1) is 6.24. The second-order valence-electron chi connectivity index (χ2n) is 3.33. The van der Waals surface area contributed by atoms with Gasteiger partial charge in [-0.2, -0.15) is 0 Å². The standard InChI is InChI=1S/C10H13NO2.ClH/c1-13-9-5-3-6-7(10(9)12)2-4-8(6)11;/h3,5,8,12H,2,4,11H2,1H3;1H. The van der Waals surface area contributed by atoms with Crippen LogP contribution in [0.1, 0.15) is 23.6 Å². The number of hydrogen-bond acceptors (Lipinski definition) is 3.